The van der Waals surface area contributed by atoms with Crippen molar-refractivity contribution in [1.82, 2.24) is 0 Å². The molecular weight excluding hydrogens is 344 g/mol. The van der Waals surface area contributed by atoms with Crippen LogP contribution >= 0.6 is 11.6 Å². The highest BCUT2D eigenvalue weighted by molar-refractivity contribution is 6.25. The molecule has 1 heterocycles. The maximum atomic E-state index is 6.12. The molecule has 1 aliphatic heterocycles. The predicted octanol–water partition coefficient (Wildman–Crippen LogP) is 6.43. The van der Waals surface area contributed by atoms with E-state index in [4.69, 9.17) is 21.1 Å². The van der Waals surface area contributed by atoms with Crippen LogP contribution in [-0.4, -0.2) is 19.5 Å². The Labute approximate surface area is 163 Å². The molecule has 1 saturated heterocycles. The van der Waals surface area contributed by atoms with E-state index in [0.717, 1.165) is 13.2 Å². The van der Waals surface area contributed by atoms with Crippen LogP contribution in [0.4, 0.5) is 0 Å². The van der Waals surface area contributed by atoms with Crippen molar-refractivity contribution in [3.8, 4) is 0 Å². The van der Waals surface area contributed by atoms with Gasteiger partial charge in [-0.1, -0.05) is 61.7 Å². The van der Waals surface area contributed by atoms with Gasteiger partial charge in [0.15, 0.2) is 6.29 Å². The van der Waals surface area contributed by atoms with Crippen molar-refractivity contribution in [3.63, 3.8) is 0 Å². The number of benzene rings is 1. The number of halogens is 1. The van der Waals surface area contributed by atoms with Gasteiger partial charge in [0.05, 0.1) is 13.2 Å². The van der Waals surface area contributed by atoms with Crippen molar-refractivity contribution in [2.24, 2.45) is 11.8 Å². The third-order valence-electron chi connectivity index (χ3n) is 5.99. The minimum Gasteiger partial charge on any atom is -0.352 e. The summed E-state index contributed by atoms with van der Waals surface area (Å²) in [6.07, 6.45) is 11.9. The van der Waals surface area contributed by atoms with Gasteiger partial charge in [-0.15, -0.1) is 0 Å². The second kappa shape index (κ2) is 10.5. The Morgan fingerprint density at radius 3 is 2.31 bits per heavy atom. The first kappa shape index (κ1) is 19.9. The molecule has 2 fully saturated rings. The van der Waals surface area contributed by atoms with Gasteiger partial charge in [-0.05, 0) is 55.6 Å². The minimum absolute atomic E-state index is 0.0134. The van der Waals surface area contributed by atoms with E-state index < -0.39 is 0 Å². The van der Waals surface area contributed by atoms with Gasteiger partial charge in [0.1, 0.15) is 0 Å². The first-order valence-electron chi connectivity index (χ1n) is 10.4. The van der Waals surface area contributed by atoms with E-state index in [-0.39, 0.29) is 6.29 Å². The van der Waals surface area contributed by atoms with Gasteiger partial charge in [-0.25, -0.2) is 0 Å². The highest BCUT2D eigenvalue weighted by atomic mass is 35.5. The topological polar surface area (TPSA) is 18.5 Å². The van der Waals surface area contributed by atoms with Crippen LogP contribution < -0.4 is 0 Å². The summed E-state index contributed by atoms with van der Waals surface area (Å²) in [5, 5.41) is 0. The number of hydrogen-bond donors (Lipinski definition) is 0. The van der Waals surface area contributed by atoms with Crippen molar-refractivity contribution >= 4 is 11.6 Å². The summed E-state index contributed by atoms with van der Waals surface area (Å²) in [6, 6.07) is 9.09. The van der Waals surface area contributed by atoms with Crippen LogP contribution in [0.1, 0.15) is 68.9 Å². The molecule has 1 aliphatic carbocycles. The fourth-order valence-corrected chi connectivity index (χ4v) is 4.44. The van der Waals surface area contributed by atoms with E-state index in [9.17, 15) is 0 Å². The summed E-state index contributed by atoms with van der Waals surface area (Å²) in [4.78, 5) is 0. The molecule has 26 heavy (non-hydrogen) atoms. The number of hydrogen-bond acceptors (Lipinski definition) is 2. The molecular formula is C23H33ClO2. The smallest absolute Gasteiger partial charge is 0.160 e. The van der Waals surface area contributed by atoms with Crippen LogP contribution in [0.5, 0.6) is 0 Å². The summed E-state index contributed by atoms with van der Waals surface area (Å²) in [7, 11) is 0. The molecule has 3 rings (SSSR count). The maximum absolute atomic E-state index is 6.12. The molecule has 0 radical (unpaired) electrons. The van der Waals surface area contributed by atoms with Gasteiger partial charge in [-0.2, -0.15) is 0 Å². The van der Waals surface area contributed by atoms with Gasteiger partial charge in [0, 0.05) is 17.4 Å². The fraction of sp³-hybridized carbons (Fsp3) is 0.652. The molecule has 0 bridgehead atoms. The molecule has 0 unspecified atom stereocenters. The summed E-state index contributed by atoms with van der Waals surface area (Å²) in [5.41, 5.74) is 4.46. The quantitative estimate of drug-likeness (QED) is 0.510. The number of unbranched alkanes of at least 4 members (excludes halogenated alkanes) is 2. The second-order valence-electron chi connectivity index (χ2n) is 7.92. The van der Waals surface area contributed by atoms with Crippen molar-refractivity contribution in [2.75, 3.05) is 13.2 Å². The summed E-state index contributed by atoms with van der Waals surface area (Å²) >= 11 is 5.71. The molecule has 0 aromatic heterocycles. The lowest BCUT2D eigenvalue weighted by molar-refractivity contribution is -0.217. The molecule has 0 N–H and O–H groups in total. The molecule has 1 aromatic carbocycles. The Bertz CT molecular complexity index is 538. The largest absolute Gasteiger partial charge is 0.352 e. The number of ether oxygens (including phenoxy) is 2. The van der Waals surface area contributed by atoms with Crippen molar-refractivity contribution < 1.29 is 9.47 Å². The van der Waals surface area contributed by atoms with Crippen LogP contribution in [0.25, 0.3) is 0 Å². The number of rotatable bonds is 7. The monoisotopic (exact) mass is 376 g/mol. The molecule has 2 aliphatic rings. The molecule has 0 spiro atoms. The van der Waals surface area contributed by atoms with Crippen molar-refractivity contribution in [1.29, 1.82) is 0 Å². The lowest BCUT2D eigenvalue weighted by atomic mass is 9.81. The Balaban J connectivity index is 1.43. The maximum Gasteiger partial charge on any atom is 0.160 e. The highest BCUT2D eigenvalue weighted by Gasteiger charge is 2.32. The first-order chi connectivity index (χ1) is 12.8. The van der Waals surface area contributed by atoms with Gasteiger partial charge < -0.3 is 9.47 Å². The van der Waals surface area contributed by atoms with Crippen LogP contribution in [0, 0.1) is 11.8 Å². The molecule has 3 heteroatoms. The SMILES string of the molecule is CCCCCc1ccc(C2COC(C3CCC(/C=C/Cl)CC3)OC2)cc1. The van der Waals surface area contributed by atoms with E-state index in [2.05, 4.69) is 37.3 Å². The van der Waals surface area contributed by atoms with Crippen LogP contribution in [0.2, 0.25) is 0 Å². The van der Waals surface area contributed by atoms with E-state index >= 15 is 0 Å². The highest BCUT2D eigenvalue weighted by Crippen LogP contribution is 2.35. The van der Waals surface area contributed by atoms with Crippen molar-refractivity contribution in [3.05, 3.63) is 47.0 Å². The third kappa shape index (κ3) is 5.58. The van der Waals surface area contributed by atoms with Crippen molar-refractivity contribution in [2.45, 2.75) is 70.5 Å². The predicted molar refractivity (Wildman–Crippen MR) is 109 cm³/mol. The van der Waals surface area contributed by atoms with Crippen LogP contribution in [0.15, 0.2) is 35.9 Å². The summed E-state index contributed by atoms with van der Waals surface area (Å²) in [5.74, 6) is 1.54. The van der Waals surface area contributed by atoms with Gasteiger partial charge in [0.2, 0.25) is 0 Å². The van der Waals surface area contributed by atoms with Crippen LogP contribution in [0.3, 0.4) is 0 Å². The second-order valence-corrected chi connectivity index (χ2v) is 8.18. The Morgan fingerprint density at radius 2 is 1.69 bits per heavy atom. The summed E-state index contributed by atoms with van der Waals surface area (Å²) in [6.45, 7) is 3.81. The minimum atomic E-state index is -0.0134. The standard InChI is InChI=1S/C23H33ClO2/c1-2-3-4-5-18-6-10-20(11-7-18)22-16-25-23(26-17-22)21-12-8-19(9-13-21)14-15-24/h6-7,10-11,14-15,19,21-23H,2-5,8-9,12-13,16-17H2,1H3/b15-14+. The third-order valence-corrected chi connectivity index (χ3v) is 6.14. The zero-order valence-corrected chi connectivity index (χ0v) is 16.8. The average Bonchev–Trinajstić information content (AvgIpc) is 2.70. The molecule has 1 aromatic rings. The zero-order valence-electron chi connectivity index (χ0n) is 16.0. The molecule has 0 amide bonds. The molecule has 0 atom stereocenters. The number of aryl methyl sites for hydroxylation is 1. The lowest BCUT2D eigenvalue weighted by Crippen LogP contribution is -2.37. The van der Waals surface area contributed by atoms with E-state index in [0.29, 0.717) is 17.8 Å². The van der Waals surface area contributed by atoms with E-state index in [1.165, 1.54) is 62.5 Å². The van der Waals surface area contributed by atoms with Gasteiger partial charge in [-0.3, -0.25) is 0 Å². The molecule has 2 nitrogen and oxygen atoms in total. The fourth-order valence-electron chi connectivity index (χ4n) is 4.23. The summed E-state index contributed by atoms with van der Waals surface area (Å²) < 4.78 is 12.2. The van der Waals surface area contributed by atoms with Gasteiger partial charge in [0.25, 0.3) is 0 Å². The van der Waals surface area contributed by atoms with E-state index in [1.54, 1.807) is 5.54 Å². The Kier molecular flexibility index (Phi) is 8.04. The van der Waals surface area contributed by atoms with Gasteiger partial charge >= 0.3 is 0 Å². The number of allylic oxidation sites excluding steroid dienone is 1. The normalized spacial score (nSPS) is 29.9. The van der Waals surface area contributed by atoms with E-state index in [1.807, 2.05) is 0 Å². The first-order valence-corrected chi connectivity index (χ1v) is 10.8. The lowest BCUT2D eigenvalue weighted by Gasteiger charge is -2.37. The zero-order chi connectivity index (χ0) is 18.2. The molecule has 1 saturated carbocycles. The Hall–Kier alpha value is -0.830. The average molecular weight is 377 g/mol. The van der Waals surface area contributed by atoms with Crippen LogP contribution in [-0.2, 0) is 15.9 Å². The molecule has 144 valence electrons. The Morgan fingerprint density at radius 1 is 1.00 bits per heavy atom.